The van der Waals surface area contributed by atoms with E-state index < -0.39 is 0 Å². The van der Waals surface area contributed by atoms with Crippen molar-refractivity contribution < 1.29 is 9.13 Å². The first-order chi connectivity index (χ1) is 9.17. The zero-order chi connectivity index (χ0) is 13.4. The average molecular weight is 257 g/mol. The van der Waals surface area contributed by atoms with Crippen LogP contribution in [0.5, 0.6) is 5.75 Å². The molecule has 0 unspecified atom stereocenters. The Balaban J connectivity index is 2.20. The molecule has 0 saturated carbocycles. The summed E-state index contributed by atoms with van der Waals surface area (Å²) < 4.78 is 20.3. The van der Waals surface area contributed by atoms with Crippen LogP contribution >= 0.6 is 0 Å². The molecule has 3 rings (SSSR count). The summed E-state index contributed by atoms with van der Waals surface area (Å²) in [6.07, 6.45) is 1.82. The molecule has 0 aliphatic heterocycles. The Bertz CT molecular complexity index is 752. The van der Waals surface area contributed by atoms with Crippen molar-refractivity contribution in [2.24, 2.45) is 0 Å². The third-order valence-electron chi connectivity index (χ3n) is 2.88. The monoisotopic (exact) mass is 257 g/mol. The van der Waals surface area contributed by atoms with Gasteiger partial charge in [0.05, 0.1) is 24.7 Å². The zero-order valence-electron chi connectivity index (χ0n) is 10.6. The lowest BCUT2D eigenvalue weighted by Crippen LogP contribution is -1.96. The van der Waals surface area contributed by atoms with Crippen LogP contribution in [-0.2, 0) is 0 Å². The van der Waals surface area contributed by atoms with Gasteiger partial charge in [-0.15, -0.1) is 0 Å². The lowest BCUT2D eigenvalue weighted by molar-refractivity contribution is 0.415. The Hall–Kier alpha value is -2.43. The van der Waals surface area contributed by atoms with Gasteiger partial charge < -0.3 is 4.74 Å². The largest absolute Gasteiger partial charge is 0.496 e. The molecule has 0 spiro atoms. The molecular formula is C14H12FN3O. The molecule has 3 aromatic rings. The van der Waals surface area contributed by atoms with Crippen molar-refractivity contribution in [2.45, 2.75) is 6.92 Å². The zero-order valence-corrected chi connectivity index (χ0v) is 10.6. The fraction of sp³-hybridized carbons (Fsp3) is 0.143. The van der Waals surface area contributed by atoms with E-state index in [1.54, 1.807) is 23.8 Å². The maximum absolute atomic E-state index is 13.4. The van der Waals surface area contributed by atoms with Crippen molar-refractivity contribution in [3.05, 3.63) is 48.0 Å². The molecule has 0 fully saturated rings. The second kappa shape index (κ2) is 4.35. The Morgan fingerprint density at radius 3 is 2.84 bits per heavy atom. The summed E-state index contributed by atoms with van der Waals surface area (Å²) in [7, 11) is 1.55. The highest BCUT2D eigenvalue weighted by atomic mass is 19.1. The van der Waals surface area contributed by atoms with Crippen LogP contribution in [0.1, 0.15) is 5.69 Å². The van der Waals surface area contributed by atoms with Crippen molar-refractivity contribution in [3.8, 4) is 17.0 Å². The number of methoxy groups -OCH3 is 1. The van der Waals surface area contributed by atoms with Crippen LogP contribution < -0.4 is 4.74 Å². The molecule has 0 bridgehead atoms. The first-order valence-corrected chi connectivity index (χ1v) is 5.84. The minimum absolute atomic E-state index is 0.320. The lowest BCUT2D eigenvalue weighted by atomic mass is 10.1. The standard InChI is InChI=1S/C14H12FN3O/c1-9-8-18-14(16-9)6-4-12(17-18)11-7-10(15)3-5-13(11)19-2/h3-8H,1-2H3. The van der Waals surface area contributed by atoms with Crippen LogP contribution in [0, 0.1) is 12.7 Å². The van der Waals surface area contributed by atoms with Crippen molar-refractivity contribution in [1.82, 2.24) is 14.6 Å². The maximum atomic E-state index is 13.4. The van der Waals surface area contributed by atoms with Gasteiger partial charge in [-0.25, -0.2) is 13.9 Å². The summed E-state index contributed by atoms with van der Waals surface area (Å²) in [5.74, 6) is 0.268. The second-order valence-electron chi connectivity index (χ2n) is 4.25. The smallest absolute Gasteiger partial charge is 0.153 e. The third-order valence-corrected chi connectivity index (χ3v) is 2.88. The molecule has 0 radical (unpaired) electrons. The van der Waals surface area contributed by atoms with Crippen LogP contribution in [0.3, 0.4) is 0 Å². The van der Waals surface area contributed by atoms with Crippen LogP contribution in [0.15, 0.2) is 36.5 Å². The van der Waals surface area contributed by atoms with E-state index in [2.05, 4.69) is 10.1 Å². The number of benzene rings is 1. The summed E-state index contributed by atoms with van der Waals surface area (Å²) in [5, 5.41) is 4.42. The Morgan fingerprint density at radius 1 is 1.21 bits per heavy atom. The minimum Gasteiger partial charge on any atom is -0.496 e. The second-order valence-corrected chi connectivity index (χ2v) is 4.25. The Morgan fingerprint density at radius 2 is 2.05 bits per heavy atom. The van der Waals surface area contributed by atoms with Gasteiger partial charge in [-0.05, 0) is 37.3 Å². The van der Waals surface area contributed by atoms with Gasteiger partial charge in [0.15, 0.2) is 5.65 Å². The number of rotatable bonds is 2. The number of nitrogens with zero attached hydrogens (tertiary/aromatic N) is 3. The molecule has 1 aromatic carbocycles. The van der Waals surface area contributed by atoms with E-state index in [9.17, 15) is 4.39 Å². The van der Waals surface area contributed by atoms with Gasteiger partial charge in [0, 0.05) is 5.56 Å². The van der Waals surface area contributed by atoms with Gasteiger partial charge >= 0.3 is 0 Å². The SMILES string of the molecule is COc1ccc(F)cc1-c1ccc2nc(C)cn2n1. The van der Waals surface area contributed by atoms with Gasteiger partial charge in [-0.3, -0.25) is 0 Å². The van der Waals surface area contributed by atoms with Gasteiger partial charge in [-0.1, -0.05) is 0 Å². The van der Waals surface area contributed by atoms with Gasteiger partial charge in [0.25, 0.3) is 0 Å². The number of hydrogen-bond acceptors (Lipinski definition) is 3. The van der Waals surface area contributed by atoms with Crippen LogP contribution in [0.2, 0.25) is 0 Å². The first kappa shape index (κ1) is 11.6. The highest BCUT2D eigenvalue weighted by molar-refractivity contribution is 5.67. The molecule has 5 heteroatoms. The molecule has 2 aromatic heterocycles. The Labute approximate surface area is 109 Å². The number of ether oxygens (including phenoxy) is 1. The molecule has 96 valence electrons. The fourth-order valence-electron chi connectivity index (χ4n) is 2.02. The van der Waals surface area contributed by atoms with E-state index in [0.29, 0.717) is 17.0 Å². The summed E-state index contributed by atoms with van der Waals surface area (Å²) >= 11 is 0. The van der Waals surface area contributed by atoms with Crippen LogP contribution in [0.25, 0.3) is 16.9 Å². The molecular weight excluding hydrogens is 245 g/mol. The van der Waals surface area contributed by atoms with Gasteiger partial charge in [-0.2, -0.15) is 5.10 Å². The normalized spacial score (nSPS) is 10.9. The summed E-state index contributed by atoms with van der Waals surface area (Å²) in [4.78, 5) is 4.30. The van der Waals surface area contributed by atoms with E-state index in [1.807, 2.05) is 19.2 Å². The lowest BCUT2D eigenvalue weighted by Gasteiger charge is -2.08. The van der Waals surface area contributed by atoms with E-state index in [4.69, 9.17) is 4.74 Å². The number of aromatic nitrogens is 3. The third kappa shape index (κ3) is 2.03. The van der Waals surface area contributed by atoms with Crippen LogP contribution in [0.4, 0.5) is 4.39 Å². The average Bonchev–Trinajstić information content (AvgIpc) is 2.77. The summed E-state index contributed by atoms with van der Waals surface area (Å²) in [5.41, 5.74) is 2.91. The van der Waals surface area contributed by atoms with Crippen molar-refractivity contribution in [1.29, 1.82) is 0 Å². The van der Waals surface area contributed by atoms with E-state index in [0.717, 1.165) is 11.3 Å². The predicted octanol–water partition coefficient (Wildman–Crippen LogP) is 2.85. The minimum atomic E-state index is -0.320. The van der Waals surface area contributed by atoms with Crippen molar-refractivity contribution >= 4 is 5.65 Å². The molecule has 4 nitrogen and oxygen atoms in total. The van der Waals surface area contributed by atoms with E-state index in [1.165, 1.54) is 12.1 Å². The summed E-state index contributed by atoms with van der Waals surface area (Å²) in [6.45, 7) is 1.90. The molecule has 2 heterocycles. The molecule has 0 aliphatic rings. The Kier molecular flexibility index (Phi) is 2.67. The maximum Gasteiger partial charge on any atom is 0.153 e. The van der Waals surface area contributed by atoms with Crippen LogP contribution in [-0.4, -0.2) is 21.7 Å². The quantitative estimate of drug-likeness (QED) is 0.708. The number of imidazole rings is 1. The summed E-state index contributed by atoms with van der Waals surface area (Å²) in [6, 6.07) is 8.02. The van der Waals surface area contributed by atoms with Crippen molar-refractivity contribution in [3.63, 3.8) is 0 Å². The fourth-order valence-corrected chi connectivity index (χ4v) is 2.02. The predicted molar refractivity (Wildman–Crippen MR) is 69.7 cm³/mol. The molecule has 0 amide bonds. The first-order valence-electron chi connectivity index (χ1n) is 5.84. The highest BCUT2D eigenvalue weighted by Gasteiger charge is 2.10. The molecule has 0 atom stereocenters. The number of fused-ring (bicyclic) bond motifs is 1. The number of hydrogen-bond donors (Lipinski definition) is 0. The molecule has 19 heavy (non-hydrogen) atoms. The number of aryl methyl sites for hydroxylation is 1. The van der Waals surface area contributed by atoms with E-state index in [-0.39, 0.29) is 5.82 Å². The molecule has 0 saturated heterocycles. The highest BCUT2D eigenvalue weighted by Crippen LogP contribution is 2.29. The van der Waals surface area contributed by atoms with E-state index >= 15 is 0 Å². The van der Waals surface area contributed by atoms with Gasteiger partial charge in [0.2, 0.25) is 0 Å². The molecule has 0 N–H and O–H groups in total. The molecule has 0 aliphatic carbocycles. The van der Waals surface area contributed by atoms with Gasteiger partial charge in [0.1, 0.15) is 11.6 Å². The van der Waals surface area contributed by atoms with Crippen molar-refractivity contribution in [2.75, 3.05) is 7.11 Å². The topological polar surface area (TPSA) is 39.4 Å². The number of halogens is 1.